The smallest absolute Gasteiger partial charge is 0.410 e. The lowest BCUT2D eigenvalue weighted by atomic mass is 9.93. The van der Waals surface area contributed by atoms with Crippen molar-refractivity contribution < 1.29 is 14.3 Å². The van der Waals surface area contributed by atoms with E-state index in [4.69, 9.17) is 4.74 Å². The number of carbonyl (C=O) groups excluding carboxylic acids is 2. The van der Waals surface area contributed by atoms with Crippen molar-refractivity contribution in [1.82, 2.24) is 19.8 Å². The molecule has 2 saturated heterocycles. The average Bonchev–Trinajstić information content (AvgIpc) is 2.88. The molecule has 0 bridgehead atoms. The van der Waals surface area contributed by atoms with Gasteiger partial charge in [-0.2, -0.15) is 0 Å². The maximum Gasteiger partial charge on any atom is 0.410 e. The number of rotatable bonds is 3. The number of hydrogen-bond donors (Lipinski definition) is 1. The van der Waals surface area contributed by atoms with Gasteiger partial charge in [0.1, 0.15) is 12.1 Å². The number of fused-ring (bicyclic) bond motifs is 1. The Bertz CT molecular complexity index is 862. The standard InChI is InChI=1S/C17H19N5O3/c1-3-18-14-12-5-4-11(6-13(12)19-10-20-14)15(23)22-8-17(9-22)7-21(2)16(24)25-17/h4-6,10H,3,7-9H2,1-2H3,(H,18,19,20). The van der Waals surface area contributed by atoms with Gasteiger partial charge in [-0.3, -0.25) is 4.79 Å². The van der Waals surface area contributed by atoms with Gasteiger partial charge < -0.3 is 19.9 Å². The number of ether oxygens (including phenoxy) is 1. The molecule has 2 aliphatic rings. The number of benzene rings is 1. The molecule has 8 heteroatoms. The van der Waals surface area contributed by atoms with Gasteiger partial charge in [0.15, 0.2) is 5.60 Å². The van der Waals surface area contributed by atoms with Crippen molar-refractivity contribution in [2.75, 3.05) is 38.5 Å². The predicted octanol–water partition coefficient (Wildman–Crippen LogP) is 1.34. The number of nitrogens with zero attached hydrogens (tertiary/aromatic N) is 4. The van der Waals surface area contributed by atoms with Crippen LogP contribution in [0.2, 0.25) is 0 Å². The number of aromatic nitrogens is 2. The predicted molar refractivity (Wildman–Crippen MR) is 91.4 cm³/mol. The SMILES string of the molecule is CCNc1ncnc2cc(C(=O)N3CC4(CN(C)C(=O)O4)C3)ccc12. The van der Waals surface area contributed by atoms with Gasteiger partial charge in [-0.15, -0.1) is 0 Å². The Kier molecular flexibility index (Phi) is 3.48. The highest BCUT2D eigenvalue weighted by Gasteiger charge is 2.54. The van der Waals surface area contributed by atoms with Crippen LogP contribution in [0.3, 0.4) is 0 Å². The van der Waals surface area contributed by atoms with Crippen LogP contribution < -0.4 is 5.32 Å². The maximum atomic E-state index is 12.7. The van der Waals surface area contributed by atoms with Crippen molar-refractivity contribution in [2.24, 2.45) is 0 Å². The zero-order valence-corrected chi connectivity index (χ0v) is 14.2. The summed E-state index contributed by atoms with van der Waals surface area (Å²) in [6, 6.07) is 5.42. The van der Waals surface area contributed by atoms with E-state index in [9.17, 15) is 9.59 Å². The summed E-state index contributed by atoms with van der Waals surface area (Å²) in [6.07, 6.45) is 1.16. The van der Waals surface area contributed by atoms with Gasteiger partial charge in [-0.1, -0.05) is 0 Å². The third kappa shape index (κ3) is 2.54. The Balaban J connectivity index is 1.53. The van der Waals surface area contributed by atoms with Crippen LogP contribution in [0.4, 0.5) is 10.6 Å². The number of amides is 2. The molecule has 2 aromatic rings. The van der Waals surface area contributed by atoms with E-state index in [2.05, 4.69) is 15.3 Å². The number of likely N-dealkylation sites (N-methyl/N-ethyl adjacent to an activating group) is 1. The number of hydrogen-bond acceptors (Lipinski definition) is 6. The maximum absolute atomic E-state index is 12.7. The number of likely N-dealkylation sites (tertiary alicyclic amines) is 1. The summed E-state index contributed by atoms with van der Waals surface area (Å²) in [5.74, 6) is 0.678. The molecule has 1 spiro atoms. The Morgan fingerprint density at radius 1 is 1.32 bits per heavy atom. The summed E-state index contributed by atoms with van der Waals surface area (Å²) in [6.45, 7) is 4.12. The van der Waals surface area contributed by atoms with Gasteiger partial charge in [0.25, 0.3) is 5.91 Å². The van der Waals surface area contributed by atoms with Crippen molar-refractivity contribution >= 4 is 28.7 Å². The molecule has 1 N–H and O–H groups in total. The molecule has 0 atom stereocenters. The van der Waals surface area contributed by atoms with Crippen molar-refractivity contribution in [3.05, 3.63) is 30.1 Å². The Hall–Kier alpha value is -2.90. The van der Waals surface area contributed by atoms with E-state index < -0.39 is 5.60 Å². The van der Waals surface area contributed by atoms with Crippen molar-refractivity contribution in [3.63, 3.8) is 0 Å². The van der Waals surface area contributed by atoms with E-state index in [1.807, 2.05) is 13.0 Å². The molecule has 0 radical (unpaired) electrons. The molecular weight excluding hydrogens is 322 g/mol. The number of nitrogens with one attached hydrogen (secondary N) is 1. The van der Waals surface area contributed by atoms with Gasteiger partial charge in [0.05, 0.1) is 25.2 Å². The Morgan fingerprint density at radius 3 is 2.80 bits per heavy atom. The molecule has 4 rings (SSSR count). The molecule has 3 heterocycles. The van der Waals surface area contributed by atoms with Crippen LogP contribution in [0.15, 0.2) is 24.5 Å². The zero-order chi connectivity index (χ0) is 17.6. The van der Waals surface area contributed by atoms with E-state index in [-0.39, 0.29) is 12.0 Å². The number of anilines is 1. The molecule has 8 nitrogen and oxygen atoms in total. The molecule has 1 aromatic heterocycles. The van der Waals surface area contributed by atoms with Crippen molar-refractivity contribution in [3.8, 4) is 0 Å². The second-order valence-corrected chi connectivity index (χ2v) is 6.55. The Morgan fingerprint density at radius 2 is 2.12 bits per heavy atom. The highest BCUT2D eigenvalue weighted by molar-refractivity contribution is 6.00. The largest absolute Gasteiger partial charge is 0.437 e. The first-order chi connectivity index (χ1) is 12.0. The average molecular weight is 341 g/mol. The lowest BCUT2D eigenvalue weighted by Gasteiger charge is -2.45. The fraction of sp³-hybridized carbons (Fsp3) is 0.412. The quantitative estimate of drug-likeness (QED) is 0.906. The molecule has 2 fully saturated rings. The molecule has 1 aromatic carbocycles. The summed E-state index contributed by atoms with van der Waals surface area (Å²) in [4.78, 5) is 36.0. The molecule has 25 heavy (non-hydrogen) atoms. The van der Waals surface area contributed by atoms with E-state index in [0.717, 1.165) is 23.3 Å². The summed E-state index contributed by atoms with van der Waals surface area (Å²) in [5, 5.41) is 4.07. The molecular formula is C17H19N5O3. The molecule has 0 aliphatic carbocycles. The first kappa shape index (κ1) is 15.6. The minimum absolute atomic E-state index is 0.0817. The minimum atomic E-state index is -0.543. The van der Waals surface area contributed by atoms with E-state index in [1.165, 1.54) is 11.2 Å². The van der Waals surface area contributed by atoms with Gasteiger partial charge in [0.2, 0.25) is 0 Å². The summed E-state index contributed by atoms with van der Waals surface area (Å²) >= 11 is 0. The Labute approximate surface area is 144 Å². The first-order valence-corrected chi connectivity index (χ1v) is 8.23. The van der Waals surface area contributed by atoms with Crippen molar-refractivity contribution in [1.29, 1.82) is 0 Å². The van der Waals surface area contributed by atoms with Gasteiger partial charge in [-0.05, 0) is 25.1 Å². The molecule has 0 saturated carbocycles. The van der Waals surface area contributed by atoms with Crippen LogP contribution in [0.25, 0.3) is 10.9 Å². The van der Waals surface area contributed by atoms with Crippen LogP contribution >= 0.6 is 0 Å². The van der Waals surface area contributed by atoms with E-state index >= 15 is 0 Å². The first-order valence-electron chi connectivity index (χ1n) is 8.23. The second kappa shape index (κ2) is 5.58. The van der Waals surface area contributed by atoms with Crippen LogP contribution in [-0.4, -0.2) is 70.6 Å². The lowest BCUT2D eigenvalue weighted by Crippen LogP contribution is -2.65. The second-order valence-electron chi connectivity index (χ2n) is 6.55. The third-order valence-corrected chi connectivity index (χ3v) is 4.61. The lowest BCUT2D eigenvalue weighted by molar-refractivity contribution is -0.0581. The third-order valence-electron chi connectivity index (χ3n) is 4.61. The molecule has 0 unspecified atom stereocenters. The van der Waals surface area contributed by atoms with Gasteiger partial charge >= 0.3 is 6.09 Å². The molecule has 130 valence electrons. The summed E-state index contributed by atoms with van der Waals surface area (Å²) in [7, 11) is 1.70. The fourth-order valence-electron chi connectivity index (χ4n) is 3.43. The van der Waals surface area contributed by atoms with Crippen LogP contribution in [-0.2, 0) is 4.74 Å². The summed E-state index contributed by atoms with van der Waals surface area (Å²) in [5.41, 5.74) is 0.749. The van der Waals surface area contributed by atoms with Crippen molar-refractivity contribution in [2.45, 2.75) is 12.5 Å². The summed E-state index contributed by atoms with van der Waals surface area (Å²) < 4.78 is 5.39. The van der Waals surface area contributed by atoms with Gasteiger partial charge in [0, 0.05) is 24.5 Å². The van der Waals surface area contributed by atoms with Crippen LogP contribution in [0, 0.1) is 0 Å². The highest BCUT2D eigenvalue weighted by Crippen LogP contribution is 2.33. The van der Waals surface area contributed by atoms with Crippen LogP contribution in [0.5, 0.6) is 0 Å². The minimum Gasteiger partial charge on any atom is -0.437 e. The fourth-order valence-corrected chi connectivity index (χ4v) is 3.43. The molecule has 2 amide bonds. The van der Waals surface area contributed by atoms with E-state index in [0.29, 0.717) is 25.2 Å². The van der Waals surface area contributed by atoms with Gasteiger partial charge in [-0.25, -0.2) is 14.8 Å². The highest BCUT2D eigenvalue weighted by atomic mass is 16.6. The number of carbonyl (C=O) groups is 2. The van der Waals surface area contributed by atoms with Crippen LogP contribution in [0.1, 0.15) is 17.3 Å². The zero-order valence-electron chi connectivity index (χ0n) is 14.2. The topological polar surface area (TPSA) is 87.7 Å². The monoisotopic (exact) mass is 341 g/mol. The van der Waals surface area contributed by atoms with E-state index in [1.54, 1.807) is 24.1 Å². The normalized spacial score (nSPS) is 18.4. The molecule has 2 aliphatic heterocycles.